The maximum absolute atomic E-state index is 13.3. The summed E-state index contributed by atoms with van der Waals surface area (Å²) < 4.78 is 28.3. The molecule has 9 heteroatoms. The molecule has 182 valence electrons. The fraction of sp³-hybridized carbons (Fsp3) is 0.480. The average molecular weight is 485 g/mol. The first-order valence-corrected chi connectivity index (χ1v) is 13.4. The molecule has 2 aliphatic rings. The molecule has 2 saturated heterocycles. The molecule has 2 fully saturated rings. The number of amides is 1. The number of primary amides is 1. The van der Waals surface area contributed by atoms with E-state index in [4.69, 9.17) is 5.73 Å². The number of likely N-dealkylation sites (tertiary alicyclic amines) is 1. The number of Topliss-reactive ketones (excluding diaryl/α,β-unsaturated/α-hetero) is 1. The molecule has 0 bridgehead atoms. The second-order valence-electron chi connectivity index (χ2n) is 9.23. The van der Waals surface area contributed by atoms with Crippen LogP contribution in [-0.4, -0.2) is 66.5 Å². The van der Waals surface area contributed by atoms with Crippen LogP contribution in [0.4, 0.5) is 0 Å². The van der Waals surface area contributed by atoms with Crippen molar-refractivity contribution in [1.29, 1.82) is 0 Å². The number of ketones is 1. The highest BCUT2D eigenvalue weighted by Gasteiger charge is 2.36. The Hall–Kier alpha value is -2.62. The van der Waals surface area contributed by atoms with Crippen molar-refractivity contribution in [2.45, 2.75) is 55.9 Å². The first-order chi connectivity index (χ1) is 16.3. The molecule has 0 unspecified atom stereocenters. The molecule has 0 aliphatic carbocycles. The van der Waals surface area contributed by atoms with Gasteiger partial charge in [-0.3, -0.25) is 14.6 Å². The standard InChI is InChI=1S/C25H32N4O4S/c26-25(31)24-11-8-20(17-27-24)16-22(30)15-19-6-9-23(10-7-19)34(32,33)29-14-4-5-21(29)18-28-12-2-1-3-13-28/h6-11,17,21H,1-5,12-16,18H2,(H2,26,31)/t21-/m1/s1. The van der Waals surface area contributed by atoms with Gasteiger partial charge in [-0.2, -0.15) is 4.31 Å². The zero-order valence-corrected chi connectivity index (χ0v) is 20.2. The van der Waals surface area contributed by atoms with Gasteiger partial charge in [0.25, 0.3) is 5.91 Å². The molecule has 1 aromatic heterocycles. The third-order valence-corrected chi connectivity index (χ3v) is 8.62. The van der Waals surface area contributed by atoms with Gasteiger partial charge in [-0.1, -0.05) is 24.6 Å². The zero-order chi connectivity index (χ0) is 24.1. The molecule has 1 amide bonds. The second kappa shape index (κ2) is 10.8. The Morgan fingerprint density at radius 2 is 1.59 bits per heavy atom. The number of benzene rings is 1. The van der Waals surface area contributed by atoms with Gasteiger partial charge in [0.15, 0.2) is 0 Å². The largest absolute Gasteiger partial charge is 0.364 e. The Labute approximate surface area is 201 Å². The number of nitrogens with two attached hydrogens (primary N) is 1. The number of rotatable bonds is 9. The fourth-order valence-electron chi connectivity index (χ4n) is 4.86. The topological polar surface area (TPSA) is 114 Å². The minimum absolute atomic E-state index is 0.0228. The number of carbonyl (C=O) groups excluding carboxylic acids is 2. The maximum Gasteiger partial charge on any atom is 0.267 e. The summed E-state index contributed by atoms with van der Waals surface area (Å²) in [5.41, 5.74) is 6.80. The highest BCUT2D eigenvalue weighted by molar-refractivity contribution is 7.89. The van der Waals surface area contributed by atoms with Gasteiger partial charge in [0, 0.05) is 38.2 Å². The molecule has 1 atom stereocenters. The Kier molecular flexibility index (Phi) is 7.75. The summed E-state index contributed by atoms with van der Waals surface area (Å²) in [6.07, 6.45) is 7.28. The summed E-state index contributed by atoms with van der Waals surface area (Å²) in [5, 5.41) is 0. The van der Waals surface area contributed by atoms with Gasteiger partial charge < -0.3 is 10.6 Å². The summed E-state index contributed by atoms with van der Waals surface area (Å²) in [4.78, 5) is 30.2. The monoisotopic (exact) mass is 484 g/mol. The van der Waals surface area contributed by atoms with Crippen molar-refractivity contribution in [1.82, 2.24) is 14.2 Å². The van der Waals surface area contributed by atoms with E-state index in [2.05, 4.69) is 9.88 Å². The molecular formula is C25H32N4O4S. The number of aromatic nitrogens is 1. The van der Waals surface area contributed by atoms with E-state index in [0.717, 1.165) is 38.0 Å². The van der Waals surface area contributed by atoms with Gasteiger partial charge in [0.2, 0.25) is 10.0 Å². The third kappa shape index (κ3) is 5.89. The first-order valence-electron chi connectivity index (χ1n) is 11.9. The molecule has 0 spiro atoms. The highest BCUT2D eigenvalue weighted by atomic mass is 32.2. The van der Waals surface area contributed by atoms with Crippen molar-refractivity contribution in [2.24, 2.45) is 5.73 Å². The molecule has 0 saturated carbocycles. The molecule has 0 radical (unpaired) electrons. The van der Waals surface area contributed by atoms with Gasteiger partial charge in [0.05, 0.1) is 4.90 Å². The Morgan fingerprint density at radius 1 is 0.912 bits per heavy atom. The van der Waals surface area contributed by atoms with Gasteiger partial charge in [-0.25, -0.2) is 8.42 Å². The van der Waals surface area contributed by atoms with E-state index in [1.807, 2.05) is 0 Å². The van der Waals surface area contributed by atoms with E-state index >= 15 is 0 Å². The van der Waals surface area contributed by atoms with Crippen LogP contribution in [0.5, 0.6) is 0 Å². The minimum Gasteiger partial charge on any atom is -0.364 e. The molecule has 8 nitrogen and oxygen atoms in total. The van der Waals surface area contributed by atoms with E-state index in [9.17, 15) is 18.0 Å². The SMILES string of the molecule is NC(=O)c1ccc(CC(=O)Cc2ccc(S(=O)(=O)N3CCC[C@@H]3CN3CCCCC3)cc2)cn1. The first kappa shape index (κ1) is 24.5. The summed E-state index contributed by atoms with van der Waals surface area (Å²) in [6.45, 7) is 3.47. The van der Waals surface area contributed by atoms with Crippen molar-refractivity contribution in [2.75, 3.05) is 26.2 Å². The predicted octanol–water partition coefficient (Wildman–Crippen LogP) is 2.17. The summed E-state index contributed by atoms with van der Waals surface area (Å²) in [7, 11) is -3.57. The lowest BCUT2D eigenvalue weighted by Crippen LogP contribution is -2.44. The lowest BCUT2D eigenvalue weighted by atomic mass is 10.0. The van der Waals surface area contributed by atoms with Crippen LogP contribution in [0, 0.1) is 0 Å². The molecule has 3 heterocycles. The van der Waals surface area contributed by atoms with E-state index in [1.54, 1.807) is 34.6 Å². The number of sulfonamides is 1. The number of hydrogen-bond acceptors (Lipinski definition) is 6. The summed E-state index contributed by atoms with van der Waals surface area (Å²) in [6, 6.07) is 9.84. The van der Waals surface area contributed by atoms with Crippen LogP contribution in [-0.2, 0) is 27.7 Å². The minimum atomic E-state index is -3.57. The van der Waals surface area contributed by atoms with Crippen LogP contribution >= 0.6 is 0 Å². The van der Waals surface area contributed by atoms with Crippen molar-refractivity contribution < 1.29 is 18.0 Å². The smallest absolute Gasteiger partial charge is 0.267 e. The molecule has 2 aromatic rings. The Balaban J connectivity index is 1.37. The van der Waals surface area contributed by atoms with Crippen molar-refractivity contribution in [3.8, 4) is 0 Å². The van der Waals surface area contributed by atoms with Crippen LogP contribution in [0.1, 0.15) is 53.7 Å². The molecular weight excluding hydrogens is 452 g/mol. The van der Waals surface area contributed by atoms with Crippen molar-refractivity contribution >= 4 is 21.7 Å². The van der Waals surface area contributed by atoms with E-state index in [1.165, 1.54) is 31.5 Å². The fourth-order valence-corrected chi connectivity index (χ4v) is 6.54. The van der Waals surface area contributed by atoms with Gasteiger partial charge in [-0.15, -0.1) is 0 Å². The number of pyridine rings is 1. The van der Waals surface area contributed by atoms with Crippen LogP contribution in [0.15, 0.2) is 47.5 Å². The molecule has 1 aromatic carbocycles. The Morgan fingerprint density at radius 3 is 2.24 bits per heavy atom. The van der Waals surface area contributed by atoms with Crippen molar-refractivity contribution in [3.05, 3.63) is 59.4 Å². The van der Waals surface area contributed by atoms with Crippen LogP contribution in [0.2, 0.25) is 0 Å². The van der Waals surface area contributed by atoms with Crippen molar-refractivity contribution in [3.63, 3.8) is 0 Å². The van der Waals surface area contributed by atoms with Crippen LogP contribution < -0.4 is 5.73 Å². The second-order valence-corrected chi connectivity index (χ2v) is 11.1. The molecule has 4 rings (SSSR count). The predicted molar refractivity (Wildman–Crippen MR) is 129 cm³/mol. The van der Waals surface area contributed by atoms with E-state index in [-0.39, 0.29) is 35.3 Å². The van der Waals surface area contributed by atoms with Gasteiger partial charge in [0.1, 0.15) is 11.5 Å². The highest BCUT2D eigenvalue weighted by Crippen LogP contribution is 2.27. The number of nitrogens with zero attached hydrogens (tertiary/aromatic N) is 3. The van der Waals surface area contributed by atoms with Gasteiger partial charge >= 0.3 is 0 Å². The summed E-state index contributed by atoms with van der Waals surface area (Å²) >= 11 is 0. The summed E-state index contributed by atoms with van der Waals surface area (Å²) in [5.74, 6) is -0.634. The maximum atomic E-state index is 13.3. The Bertz CT molecular complexity index is 1110. The lowest BCUT2D eigenvalue weighted by molar-refractivity contribution is -0.117. The van der Waals surface area contributed by atoms with Crippen LogP contribution in [0.25, 0.3) is 0 Å². The quantitative estimate of drug-likeness (QED) is 0.584. The van der Waals surface area contributed by atoms with E-state index < -0.39 is 15.9 Å². The molecule has 34 heavy (non-hydrogen) atoms. The average Bonchev–Trinajstić information content (AvgIpc) is 3.29. The van der Waals surface area contributed by atoms with Crippen LogP contribution in [0.3, 0.4) is 0 Å². The zero-order valence-electron chi connectivity index (χ0n) is 19.4. The van der Waals surface area contributed by atoms with Gasteiger partial charge in [-0.05, 0) is 68.1 Å². The number of hydrogen-bond donors (Lipinski definition) is 1. The number of piperidine rings is 1. The lowest BCUT2D eigenvalue weighted by Gasteiger charge is -2.32. The normalized spacial score (nSPS) is 19.8. The number of carbonyl (C=O) groups is 2. The van der Waals surface area contributed by atoms with E-state index in [0.29, 0.717) is 12.1 Å². The third-order valence-electron chi connectivity index (χ3n) is 6.65. The molecule has 2 N–H and O–H groups in total. The molecule has 2 aliphatic heterocycles.